The highest BCUT2D eigenvalue weighted by molar-refractivity contribution is 5.58. The molecule has 5 nitrogen and oxygen atoms in total. The molecule has 1 aromatic carbocycles. The molecule has 1 atom stereocenters. The molecule has 1 saturated heterocycles. The molecule has 0 amide bonds. The third-order valence-electron chi connectivity index (χ3n) is 4.54. The third-order valence-corrected chi connectivity index (χ3v) is 4.54. The molecule has 0 bridgehead atoms. The standard InChI is InChI=1S/C20H28O4.CH5N/c1-21-19-15-17(14-16-6-4-7-16)9-10-18(19)22-12-5-13-24-20-8-2-3-11-23-20;1-2/h9-10,14-15,20H,2-8,11-13H2,1H3;2H2,1H3. The van der Waals surface area contributed by atoms with Crippen molar-refractivity contribution in [3.8, 4) is 11.5 Å². The van der Waals surface area contributed by atoms with Gasteiger partial charge in [0, 0.05) is 13.0 Å². The van der Waals surface area contributed by atoms with Gasteiger partial charge in [0.1, 0.15) is 0 Å². The molecule has 1 saturated carbocycles. The van der Waals surface area contributed by atoms with Gasteiger partial charge in [-0.3, -0.25) is 0 Å². The van der Waals surface area contributed by atoms with Crippen molar-refractivity contribution in [1.29, 1.82) is 0 Å². The fourth-order valence-corrected chi connectivity index (χ4v) is 2.95. The Morgan fingerprint density at radius 3 is 2.62 bits per heavy atom. The summed E-state index contributed by atoms with van der Waals surface area (Å²) in [5, 5.41) is 0. The average Bonchev–Trinajstić information content (AvgIpc) is 2.67. The first kappa shape index (κ1) is 20.7. The summed E-state index contributed by atoms with van der Waals surface area (Å²) in [7, 11) is 3.19. The Hall–Kier alpha value is -1.56. The van der Waals surface area contributed by atoms with Crippen molar-refractivity contribution in [2.45, 2.75) is 51.2 Å². The Labute approximate surface area is 157 Å². The number of hydrogen-bond donors (Lipinski definition) is 1. The van der Waals surface area contributed by atoms with Crippen LogP contribution in [0.2, 0.25) is 0 Å². The maximum atomic E-state index is 5.85. The highest BCUT2D eigenvalue weighted by Crippen LogP contribution is 2.32. The van der Waals surface area contributed by atoms with Gasteiger partial charge in [-0.1, -0.05) is 17.7 Å². The van der Waals surface area contributed by atoms with E-state index in [1.807, 2.05) is 12.1 Å². The van der Waals surface area contributed by atoms with Crippen molar-refractivity contribution in [3.05, 3.63) is 29.3 Å². The lowest BCUT2D eigenvalue weighted by Crippen LogP contribution is -2.23. The molecule has 2 fully saturated rings. The lowest BCUT2D eigenvalue weighted by molar-refractivity contribution is -0.163. The summed E-state index contributed by atoms with van der Waals surface area (Å²) in [4.78, 5) is 0. The first-order valence-electron chi connectivity index (χ1n) is 9.66. The van der Waals surface area contributed by atoms with E-state index in [1.54, 1.807) is 7.11 Å². The van der Waals surface area contributed by atoms with Crippen LogP contribution >= 0.6 is 0 Å². The topological polar surface area (TPSA) is 62.9 Å². The smallest absolute Gasteiger partial charge is 0.161 e. The van der Waals surface area contributed by atoms with E-state index in [4.69, 9.17) is 18.9 Å². The molecule has 5 heteroatoms. The van der Waals surface area contributed by atoms with E-state index >= 15 is 0 Å². The van der Waals surface area contributed by atoms with Gasteiger partial charge in [-0.05, 0) is 63.3 Å². The zero-order chi connectivity index (χ0) is 18.6. The quantitative estimate of drug-likeness (QED) is 0.703. The van der Waals surface area contributed by atoms with Crippen LogP contribution in [0.3, 0.4) is 0 Å². The van der Waals surface area contributed by atoms with E-state index in [9.17, 15) is 0 Å². The predicted molar refractivity (Wildman–Crippen MR) is 105 cm³/mol. The van der Waals surface area contributed by atoms with Crippen LogP contribution in [0.4, 0.5) is 0 Å². The molecule has 1 heterocycles. The minimum Gasteiger partial charge on any atom is -0.493 e. The highest BCUT2D eigenvalue weighted by Gasteiger charge is 2.13. The van der Waals surface area contributed by atoms with Gasteiger partial charge in [0.15, 0.2) is 17.8 Å². The maximum Gasteiger partial charge on any atom is 0.161 e. The summed E-state index contributed by atoms with van der Waals surface area (Å²) in [5.41, 5.74) is 7.21. The van der Waals surface area contributed by atoms with Crippen LogP contribution in [0.5, 0.6) is 11.5 Å². The summed E-state index contributed by atoms with van der Waals surface area (Å²) in [6.45, 7) is 2.10. The second-order valence-electron chi connectivity index (χ2n) is 6.44. The largest absolute Gasteiger partial charge is 0.493 e. The van der Waals surface area contributed by atoms with Crippen LogP contribution in [0, 0.1) is 0 Å². The molecule has 26 heavy (non-hydrogen) atoms. The lowest BCUT2D eigenvalue weighted by atomic mass is 9.91. The van der Waals surface area contributed by atoms with Crippen molar-refractivity contribution in [2.24, 2.45) is 5.73 Å². The van der Waals surface area contributed by atoms with Crippen LogP contribution in [0.25, 0.3) is 6.08 Å². The fourth-order valence-electron chi connectivity index (χ4n) is 2.95. The Balaban J connectivity index is 0.00000117. The van der Waals surface area contributed by atoms with Crippen molar-refractivity contribution < 1.29 is 18.9 Å². The summed E-state index contributed by atoms with van der Waals surface area (Å²) >= 11 is 0. The summed E-state index contributed by atoms with van der Waals surface area (Å²) < 4.78 is 22.6. The number of benzene rings is 1. The van der Waals surface area contributed by atoms with Gasteiger partial charge in [-0.2, -0.15) is 0 Å². The summed E-state index contributed by atoms with van der Waals surface area (Å²) in [6.07, 6.45) is 10.2. The molecule has 1 aliphatic heterocycles. The Morgan fingerprint density at radius 1 is 1.12 bits per heavy atom. The molecule has 0 radical (unpaired) electrons. The molecule has 146 valence electrons. The van der Waals surface area contributed by atoms with Crippen LogP contribution in [0.15, 0.2) is 23.8 Å². The monoisotopic (exact) mass is 363 g/mol. The summed E-state index contributed by atoms with van der Waals surface area (Å²) in [5.74, 6) is 1.59. The van der Waals surface area contributed by atoms with E-state index in [0.29, 0.717) is 13.2 Å². The van der Waals surface area contributed by atoms with Gasteiger partial charge in [-0.15, -0.1) is 0 Å². The molecule has 1 unspecified atom stereocenters. The molecule has 2 N–H and O–H groups in total. The second-order valence-corrected chi connectivity index (χ2v) is 6.44. The van der Waals surface area contributed by atoms with Crippen molar-refractivity contribution >= 4 is 6.08 Å². The Kier molecular flexibility index (Phi) is 9.53. The number of ether oxygens (including phenoxy) is 4. The maximum absolute atomic E-state index is 5.85. The van der Waals surface area contributed by atoms with E-state index < -0.39 is 0 Å². The zero-order valence-corrected chi connectivity index (χ0v) is 16.2. The first-order chi connectivity index (χ1) is 12.8. The number of methoxy groups -OCH3 is 1. The molecule has 1 aromatic rings. The van der Waals surface area contributed by atoms with Gasteiger partial charge >= 0.3 is 0 Å². The normalized spacial score (nSPS) is 19.0. The number of allylic oxidation sites excluding steroid dienone is 1. The molecule has 3 rings (SSSR count). The van der Waals surface area contributed by atoms with Crippen LogP contribution < -0.4 is 15.2 Å². The second kappa shape index (κ2) is 11.9. The number of hydrogen-bond acceptors (Lipinski definition) is 5. The minimum absolute atomic E-state index is 0.0212. The van der Waals surface area contributed by atoms with Gasteiger partial charge < -0.3 is 24.7 Å². The Bertz CT molecular complexity index is 547. The van der Waals surface area contributed by atoms with E-state index in [2.05, 4.69) is 17.9 Å². The van der Waals surface area contributed by atoms with Crippen LogP contribution in [-0.4, -0.2) is 40.3 Å². The van der Waals surface area contributed by atoms with E-state index in [-0.39, 0.29) is 6.29 Å². The lowest BCUT2D eigenvalue weighted by Gasteiger charge is -2.22. The van der Waals surface area contributed by atoms with Crippen molar-refractivity contribution in [3.63, 3.8) is 0 Å². The first-order valence-corrected chi connectivity index (χ1v) is 9.66. The highest BCUT2D eigenvalue weighted by atomic mass is 16.7. The third kappa shape index (κ3) is 6.63. The summed E-state index contributed by atoms with van der Waals surface area (Å²) in [6, 6.07) is 6.14. The molecule has 2 aliphatic rings. The molecular weight excluding hydrogens is 330 g/mol. The Morgan fingerprint density at radius 2 is 1.96 bits per heavy atom. The van der Waals surface area contributed by atoms with Crippen LogP contribution in [-0.2, 0) is 9.47 Å². The van der Waals surface area contributed by atoms with Gasteiger partial charge in [0.2, 0.25) is 0 Å². The van der Waals surface area contributed by atoms with Crippen LogP contribution in [0.1, 0.15) is 50.5 Å². The van der Waals surface area contributed by atoms with Gasteiger partial charge in [0.25, 0.3) is 0 Å². The molecule has 0 aromatic heterocycles. The minimum atomic E-state index is -0.0212. The predicted octanol–water partition coefficient (Wildman–Crippen LogP) is 4.15. The van der Waals surface area contributed by atoms with Crippen molar-refractivity contribution in [2.75, 3.05) is 34.0 Å². The zero-order valence-electron chi connectivity index (χ0n) is 16.2. The van der Waals surface area contributed by atoms with Gasteiger partial charge in [0.05, 0.1) is 20.3 Å². The molecular formula is C21H33NO4. The van der Waals surface area contributed by atoms with Gasteiger partial charge in [-0.25, -0.2) is 0 Å². The number of rotatable bonds is 8. The molecule has 1 aliphatic carbocycles. The fraction of sp³-hybridized carbons (Fsp3) is 0.619. The molecule has 0 spiro atoms. The van der Waals surface area contributed by atoms with E-state index in [0.717, 1.165) is 37.4 Å². The number of nitrogens with two attached hydrogens (primary N) is 1. The average molecular weight is 363 g/mol. The SMILES string of the molecule is CN.COc1cc(C=C2CCC2)ccc1OCCCOC1CCCCO1. The van der Waals surface area contributed by atoms with Crippen molar-refractivity contribution in [1.82, 2.24) is 0 Å². The van der Waals surface area contributed by atoms with E-state index in [1.165, 1.54) is 43.9 Å².